The second-order valence-corrected chi connectivity index (χ2v) is 3.92. The van der Waals surface area contributed by atoms with Gasteiger partial charge in [0.25, 0.3) is 0 Å². The summed E-state index contributed by atoms with van der Waals surface area (Å²) in [5.41, 5.74) is 1.30. The molecule has 0 unspecified atom stereocenters. The summed E-state index contributed by atoms with van der Waals surface area (Å²) in [6.45, 7) is 1.89. The van der Waals surface area contributed by atoms with E-state index in [9.17, 15) is 0 Å². The molecule has 2 aromatic rings. The predicted molar refractivity (Wildman–Crippen MR) is 65.2 cm³/mol. The number of pyridine rings is 1. The number of benzene rings is 1. The van der Waals surface area contributed by atoms with E-state index in [0.717, 1.165) is 5.56 Å². The van der Waals surface area contributed by atoms with Crippen molar-refractivity contribution in [1.82, 2.24) is 4.98 Å². The lowest BCUT2D eigenvalue weighted by molar-refractivity contribution is 0.458. The molecule has 0 radical (unpaired) electrons. The van der Waals surface area contributed by atoms with Crippen molar-refractivity contribution in [2.45, 2.75) is 6.92 Å². The minimum atomic E-state index is 0.306. The van der Waals surface area contributed by atoms with Crippen LogP contribution in [0, 0.1) is 18.3 Å². The largest absolute Gasteiger partial charge is 0.437 e. The number of aromatic nitrogens is 1. The molecule has 0 fully saturated rings. The summed E-state index contributed by atoms with van der Waals surface area (Å²) >= 11 is 5.85. The number of ether oxygens (including phenoxy) is 1. The second-order valence-electron chi connectivity index (χ2n) is 3.48. The SMILES string of the molecule is Cc1cc(Cl)ccc1Oc1ncccc1C#N. The van der Waals surface area contributed by atoms with Crippen molar-refractivity contribution in [2.24, 2.45) is 0 Å². The molecule has 0 amide bonds. The zero-order valence-electron chi connectivity index (χ0n) is 9.14. The first kappa shape index (κ1) is 11.4. The fraction of sp³-hybridized carbons (Fsp3) is 0.0769. The number of hydrogen-bond acceptors (Lipinski definition) is 3. The Morgan fingerprint density at radius 1 is 1.35 bits per heavy atom. The molecular formula is C13H9ClN2O. The van der Waals surface area contributed by atoms with Crippen LogP contribution in [0.1, 0.15) is 11.1 Å². The number of hydrogen-bond donors (Lipinski definition) is 0. The van der Waals surface area contributed by atoms with E-state index in [1.54, 1.807) is 36.5 Å². The quantitative estimate of drug-likeness (QED) is 0.809. The normalized spacial score (nSPS) is 9.71. The van der Waals surface area contributed by atoms with Crippen LogP contribution >= 0.6 is 11.6 Å². The first-order valence-corrected chi connectivity index (χ1v) is 5.37. The molecule has 0 bridgehead atoms. The minimum absolute atomic E-state index is 0.306. The van der Waals surface area contributed by atoms with Gasteiger partial charge in [-0.1, -0.05) is 11.6 Å². The average Bonchev–Trinajstić information content (AvgIpc) is 2.33. The lowest BCUT2D eigenvalue weighted by atomic mass is 10.2. The van der Waals surface area contributed by atoms with Gasteiger partial charge in [-0.2, -0.15) is 5.26 Å². The molecular weight excluding hydrogens is 236 g/mol. The van der Waals surface area contributed by atoms with Gasteiger partial charge in [-0.3, -0.25) is 0 Å². The van der Waals surface area contributed by atoms with E-state index >= 15 is 0 Å². The van der Waals surface area contributed by atoms with Crippen molar-refractivity contribution < 1.29 is 4.74 Å². The van der Waals surface area contributed by atoms with E-state index < -0.39 is 0 Å². The third-order valence-electron chi connectivity index (χ3n) is 2.24. The van der Waals surface area contributed by atoms with Crippen LogP contribution in [-0.4, -0.2) is 4.98 Å². The van der Waals surface area contributed by atoms with Gasteiger partial charge in [0.2, 0.25) is 5.88 Å². The number of nitriles is 1. The van der Waals surface area contributed by atoms with Crippen LogP contribution in [0.3, 0.4) is 0 Å². The van der Waals surface area contributed by atoms with Crippen molar-refractivity contribution in [3.05, 3.63) is 52.7 Å². The first-order chi connectivity index (χ1) is 8.20. The molecule has 0 spiro atoms. The summed E-state index contributed by atoms with van der Waals surface area (Å²) in [6.07, 6.45) is 1.58. The van der Waals surface area contributed by atoms with E-state index in [4.69, 9.17) is 21.6 Å². The van der Waals surface area contributed by atoms with E-state index in [0.29, 0.717) is 22.2 Å². The van der Waals surface area contributed by atoms with Crippen molar-refractivity contribution in [2.75, 3.05) is 0 Å². The monoisotopic (exact) mass is 244 g/mol. The molecule has 0 aliphatic heterocycles. The summed E-state index contributed by atoms with van der Waals surface area (Å²) in [5.74, 6) is 0.949. The Balaban J connectivity index is 2.35. The molecule has 0 aliphatic rings. The van der Waals surface area contributed by atoms with Crippen LogP contribution in [0.15, 0.2) is 36.5 Å². The molecule has 1 aromatic heterocycles. The van der Waals surface area contributed by atoms with Crippen LogP contribution in [0.5, 0.6) is 11.6 Å². The van der Waals surface area contributed by atoms with Gasteiger partial charge in [-0.25, -0.2) is 4.98 Å². The maximum Gasteiger partial charge on any atom is 0.237 e. The van der Waals surface area contributed by atoms with E-state index in [1.165, 1.54) is 0 Å². The average molecular weight is 245 g/mol. The lowest BCUT2D eigenvalue weighted by Gasteiger charge is -2.08. The highest BCUT2D eigenvalue weighted by molar-refractivity contribution is 6.30. The third kappa shape index (κ3) is 2.55. The van der Waals surface area contributed by atoms with Gasteiger partial charge < -0.3 is 4.74 Å². The smallest absolute Gasteiger partial charge is 0.237 e. The first-order valence-electron chi connectivity index (χ1n) is 5.00. The fourth-order valence-electron chi connectivity index (χ4n) is 1.39. The molecule has 0 saturated carbocycles. The van der Waals surface area contributed by atoms with E-state index in [-0.39, 0.29) is 0 Å². The van der Waals surface area contributed by atoms with Gasteiger partial charge in [0.1, 0.15) is 17.4 Å². The van der Waals surface area contributed by atoms with Gasteiger partial charge in [-0.05, 0) is 42.8 Å². The van der Waals surface area contributed by atoms with Gasteiger partial charge in [0.05, 0.1) is 0 Å². The predicted octanol–water partition coefficient (Wildman–Crippen LogP) is 3.71. The van der Waals surface area contributed by atoms with Gasteiger partial charge >= 0.3 is 0 Å². The summed E-state index contributed by atoms with van der Waals surface area (Å²) in [7, 11) is 0. The molecule has 1 aromatic carbocycles. The number of aryl methyl sites for hydroxylation is 1. The maximum absolute atomic E-state index is 8.92. The molecule has 0 atom stereocenters. The lowest BCUT2D eigenvalue weighted by Crippen LogP contribution is -1.92. The summed E-state index contributed by atoms with van der Waals surface area (Å²) in [5, 5.41) is 9.57. The van der Waals surface area contributed by atoms with Crippen molar-refractivity contribution in [3.8, 4) is 17.7 Å². The zero-order valence-corrected chi connectivity index (χ0v) is 9.90. The topological polar surface area (TPSA) is 45.9 Å². The second kappa shape index (κ2) is 4.86. The fourth-order valence-corrected chi connectivity index (χ4v) is 1.62. The maximum atomic E-state index is 8.92. The van der Waals surface area contributed by atoms with Crippen molar-refractivity contribution >= 4 is 11.6 Å². The van der Waals surface area contributed by atoms with Crippen LogP contribution in [-0.2, 0) is 0 Å². The highest BCUT2D eigenvalue weighted by atomic mass is 35.5. The van der Waals surface area contributed by atoms with E-state index in [1.807, 2.05) is 13.0 Å². The molecule has 2 rings (SSSR count). The zero-order chi connectivity index (χ0) is 12.3. The van der Waals surface area contributed by atoms with Crippen molar-refractivity contribution in [1.29, 1.82) is 5.26 Å². The Bertz CT molecular complexity index is 590. The number of rotatable bonds is 2. The number of nitrogens with zero attached hydrogens (tertiary/aromatic N) is 2. The van der Waals surface area contributed by atoms with Gasteiger partial charge in [0.15, 0.2) is 0 Å². The molecule has 4 heteroatoms. The molecule has 0 saturated heterocycles. The highest BCUT2D eigenvalue weighted by Crippen LogP contribution is 2.27. The Kier molecular flexibility index (Phi) is 3.27. The molecule has 3 nitrogen and oxygen atoms in total. The standard InChI is InChI=1S/C13H9ClN2O/c1-9-7-11(14)4-5-12(9)17-13-10(8-15)3-2-6-16-13/h2-7H,1H3. The van der Waals surface area contributed by atoms with E-state index in [2.05, 4.69) is 4.98 Å². The molecule has 0 N–H and O–H groups in total. The summed E-state index contributed by atoms with van der Waals surface area (Å²) in [6, 6.07) is 10.7. The minimum Gasteiger partial charge on any atom is -0.437 e. The molecule has 17 heavy (non-hydrogen) atoms. The van der Waals surface area contributed by atoms with Crippen LogP contribution in [0.2, 0.25) is 5.02 Å². The van der Waals surface area contributed by atoms with Gasteiger partial charge in [-0.15, -0.1) is 0 Å². The van der Waals surface area contributed by atoms with Crippen molar-refractivity contribution in [3.63, 3.8) is 0 Å². The molecule has 0 aliphatic carbocycles. The highest BCUT2D eigenvalue weighted by Gasteiger charge is 2.07. The summed E-state index contributed by atoms with van der Waals surface area (Å²) in [4.78, 5) is 4.03. The van der Waals surface area contributed by atoms with Crippen LogP contribution < -0.4 is 4.74 Å². The Morgan fingerprint density at radius 2 is 2.18 bits per heavy atom. The Labute approximate surface area is 104 Å². The van der Waals surface area contributed by atoms with Gasteiger partial charge in [0, 0.05) is 11.2 Å². The molecule has 84 valence electrons. The van der Waals surface area contributed by atoms with Crippen LogP contribution in [0.25, 0.3) is 0 Å². The molecule has 1 heterocycles. The third-order valence-corrected chi connectivity index (χ3v) is 2.47. The summed E-state index contributed by atoms with van der Waals surface area (Å²) < 4.78 is 5.59. The Hall–Kier alpha value is -2.05. The Morgan fingerprint density at radius 3 is 2.88 bits per heavy atom. The van der Waals surface area contributed by atoms with Crippen LogP contribution in [0.4, 0.5) is 0 Å². The number of halogens is 1.